The van der Waals surface area contributed by atoms with Crippen molar-refractivity contribution >= 4 is 45.1 Å². The van der Waals surface area contributed by atoms with Gasteiger partial charge < -0.3 is 19.9 Å². The molecule has 1 N–H and O–H groups in total. The molecule has 0 atom stereocenters. The Kier molecular flexibility index (Phi) is 12.4. The molecule has 50 heavy (non-hydrogen) atoms. The molecule has 2 heterocycles. The fourth-order valence-electron chi connectivity index (χ4n) is 6.44. The number of anilines is 1. The van der Waals surface area contributed by atoms with Crippen molar-refractivity contribution in [2.45, 2.75) is 84.2 Å². The minimum absolute atomic E-state index is 0.00285. The van der Waals surface area contributed by atoms with Gasteiger partial charge in [0.2, 0.25) is 5.91 Å². The Bertz CT molecular complexity index is 1850. The van der Waals surface area contributed by atoms with Crippen LogP contribution in [0.2, 0.25) is 0 Å². The Hall–Kier alpha value is -4.97. The number of fused-ring (bicyclic) bond motifs is 2. The summed E-state index contributed by atoms with van der Waals surface area (Å²) in [6.07, 6.45) is 9.42. The monoisotopic (exact) mass is 675 g/mol. The normalized spacial score (nSPS) is 13.3. The van der Waals surface area contributed by atoms with E-state index in [1.165, 1.54) is 5.56 Å². The number of piperazine rings is 1. The number of benzene rings is 3. The lowest BCUT2D eigenvalue weighted by atomic mass is 10.0. The molecule has 1 fully saturated rings. The summed E-state index contributed by atoms with van der Waals surface area (Å²) >= 11 is 0. The number of carbonyl (C=O) groups excluding carboxylic acids is 3. The molecule has 9 heteroatoms. The zero-order chi connectivity index (χ0) is 35.5. The van der Waals surface area contributed by atoms with E-state index in [9.17, 15) is 19.6 Å². The van der Waals surface area contributed by atoms with Crippen LogP contribution in [0.4, 0.5) is 5.69 Å². The molecule has 262 valence electrons. The van der Waals surface area contributed by atoms with Gasteiger partial charge in [-0.05, 0) is 92.8 Å². The number of carbonyl (C=O) groups is 3. The molecule has 2 amide bonds. The van der Waals surface area contributed by atoms with Crippen LogP contribution in [0.15, 0.2) is 66.9 Å². The lowest BCUT2D eigenvalue weighted by molar-refractivity contribution is -0.155. The number of nitriles is 1. The van der Waals surface area contributed by atoms with Crippen LogP contribution in [-0.2, 0) is 20.7 Å². The molecule has 0 unspecified atom stereocenters. The van der Waals surface area contributed by atoms with Gasteiger partial charge in [0.05, 0.1) is 17.1 Å². The van der Waals surface area contributed by atoms with Crippen LogP contribution in [0.5, 0.6) is 0 Å². The lowest BCUT2D eigenvalue weighted by Gasteiger charge is -2.35. The van der Waals surface area contributed by atoms with Crippen molar-refractivity contribution in [2.75, 3.05) is 38.0 Å². The third kappa shape index (κ3) is 10.3. The number of nitrogens with one attached hydrogen (secondary N) is 1. The van der Waals surface area contributed by atoms with Crippen molar-refractivity contribution in [3.05, 3.63) is 83.6 Å². The van der Waals surface area contributed by atoms with Crippen LogP contribution in [-0.4, -0.2) is 70.9 Å². The maximum Gasteiger partial charge on any atom is 0.306 e. The van der Waals surface area contributed by atoms with E-state index >= 15 is 0 Å². The zero-order valence-electron chi connectivity index (χ0n) is 29.7. The SMILES string of the molecule is CC(C)(C)OC(=O)CCCCCCCCC(=O)N1CCN(C(=O)c2ccc3cc(CCNc4ccnc5ccc(C#N)cc45)ccc3c2)CC1. The van der Waals surface area contributed by atoms with E-state index in [1.807, 2.05) is 67.0 Å². The molecule has 0 bridgehead atoms. The van der Waals surface area contributed by atoms with E-state index in [-0.39, 0.29) is 17.8 Å². The first kappa shape index (κ1) is 36.3. The van der Waals surface area contributed by atoms with Crippen molar-refractivity contribution in [1.29, 1.82) is 5.26 Å². The molecule has 4 aromatic rings. The maximum absolute atomic E-state index is 13.4. The number of rotatable bonds is 14. The van der Waals surface area contributed by atoms with E-state index in [4.69, 9.17) is 4.74 Å². The molecular formula is C41H49N5O4. The summed E-state index contributed by atoms with van der Waals surface area (Å²) in [5.41, 5.74) is 3.84. The Labute approximate surface area is 295 Å². The molecule has 1 saturated heterocycles. The van der Waals surface area contributed by atoms with Gasteiger partial charge in [-0.15, -0.1) is 0 Å². The van der Waals surface area contributed by atoms with Gasteiger partial charge in [0.15, 0.2) is 0 Å². The summed E-state index contributed by atoms with van der Waals surface area (Å²) in [7, 11) is 0. The average Bonchev–Trinajstić information content (AvgIpc) is 3.11. The maximum atomic E-state index is 13.4. The average molecular weight is 676 g/mol. The van der Waals surface area contributed by atoms with E-state index in [1.54, 1.807) is 12.3 Å². The van der Waals surface area contributed by atoms with E-state index in [0.717, 1.165) is 78.9 Å². The fraction of sp³-hybridized carbons (Fsp3) is 0.439. The Morgan fingerprint density at radius 3 is 2.24 bits per heavy atom. The molecule has 5 rings (SSSR count). The van der Waals surface area contributed by atoms with Gasteiger partial charge in [-0.2, -0.15) is 5.26 Å². The predicted molar refractivity (Wildman–Crippen MR) is 198 cm³/mol. The smallest absolute Gasteiger partial charge is 0.306 e. The molecule has 3 aromatic carbocycles. The van der Waals surface area contributed by atoms with Crippen molar-refractivity contribution < 1.29 is 19.1 Å². The molecule has 0 saturated carbocycles. The highest BCUT2D eigenvalue weighted by atomic mass is 16.6. The number of pyridine rings is 1. The van der Waals surface area contributed by atoms with Gasteiger partial charge >= 0.3 is 5.97 Å². The third-order valence-corrected chi connectivity index (χ3v) is 9.11. The summed E-state index contributed by atoms with van der Waals surface area (Å²) < 4.78 is 5.35. The van der Waals surface area contributed by atoms with Crippen LogP contribution in [0.1, 0.15) is 93.6 Å². The number of esters is 1. The lowest BCUT2D eigenvalue weighted by Crippen LogP contribution is -2.50. The van der Waals surface area contributed by atoms with Gasteiger partial charge in [0, 0.05) is 68.4 Å². The van der Waals surface area contributed by atoms with Gasteiger partial charge in [-0.25, -0.2) is 0 Å². The minimum Gasteiger partial charge on any atom is -0.460 e. The van der Waals surface area contributed by atoms with Crippen LogP contribution in [0.3, 0.4) is 0 Å². The van der Waals surface area contributed by atoms with Crippen LogP contribution >= 0.6 is 0 Å². The Morgan fingerprint density at radius 1 is 0.820 bits per heavy atom. The molecule has 9 nitrogen and oxygen atoms in total. The number of nitrogens with zero attached hydrogens (tertiary/aromatic N) is 4. The Morgan fingerprint density at radius 2 is 1.50 bits per heavy atom. The number of amides is 2. The first-order chi connectivity index (χ1) is 24.1. The van der Waals surface area contributed by atoms with E-state index in [2.05, 4.69) is 34.6 Å². The standard InChI is InChI=1S/C41H49N5O4/c1-41(2,3)50-39(48)11-9-7-5-4-6-8-10-38(47)45-22-24-46(25-23-45)40(49)34-16-15-32-26-30(12-14-33(32)28-34)18-20-43-37-19-21-44-36-17-13-31(29-42)27-35(36)37/h12-17,19,21,26-28H,4-11,18,20,22-25H2,1-3H3,(H,43,44). The minimum atomic E-state index is -0.430. The molecule has 0 spiro atoms. The topological polar surface area (TPSA) is 116 Å². The first-order valence-electron chi connectivity index (χ1n) is 17.9. The molecule has 1 aromatic heterocycles. The number of unbranched alkanes of at least 4 members (excludes halogenated alkanes) is 5. The first-order valence-corrected chi connectivity index (χ1v) is 17.9. The van der Waals surface area contributed by atoms with Crippen molar-refractivity contribution in [2.24, 2.45) is 0 Å². The highest BCUT2D eigenvalue weighted by Crippen LogP contribution is 2.24. The van der Waals surface area contributed by atoms with Crippen LogP contribution in [0.25, 0.3) is 21.7 Å². The number of aromatic nitrogens is 1. The molecular weight excluding hydrogens is 626 g/mol. The molecule has 0 radical (unpaired) electrons. The second-order valence-electron chi connectivity index (χ2n) is 14.2. The fourth-order valence-corrected chi connectivity index (χ4v) is 6.44. The summed E-state index contributed by atoms with van der Waals surface area (Å²) in [6.45, 7) is 8.59. The number of hydrogen-bond acceptors (Lipinski definition) is 7. The molecule has 1 aliphatic rings. The van der Waals surface area contributed by atoms with Crippen molar-refractivity contribution in [3.63, 3.8) is 0 Å². The van der Waals surface area contributed by atoms with Crippen molar-refractivity contribution in [3.8, 4) is 6.07 Å². The van der Waals surface area contributed by atoms with Gasteiger partial charge in [0.25, 0.3) is 5.91 Å². The van der Waals surface area contributed by atoms with E-state index < -0.39 is 5.60 Å². The molecule has 0 aliphatic carbocycles. The predicted octanol–water partition coefficient (Wildman–Crippen LogP) is 7.66. The third-order valence-electron chi connectivity index (χ3n) is 9.11. The second-order valence-corrected chi connectivity index (χ2v) is 14.2. The highest BCUT2D eigenvalue weighted by Gasteiger charge is 2.25. The van der Waals surface area contributed by atoms with Crippen LogP contribution in [0, 0.1) is 11.3 Å². The largest absolute Gasteiger partial charge is 0.460 e. The summed E-state index contributed by atoms with van der Waals surface area (Å²) in [4.78, 5) is 46.1. The highest BCUT2D eigenvalue weighted by molar-refractivity contribution is 5.99. The van der Waals surface area contributed by atoms with Gasteiger partial charge in [0.1, 0.15) is 5.60 Å². The second kappa shape index (κ2) is 17.1. The summed E-state index contributed by atoms with van der Waals surface area (Å²) in [5.74, 6) is 0.0377. The van der Waals surface area contributed by atoms with E-state index in [0.29, 0.717) is 50.1 Å². The Balaban J connectivity index is 1.01. The molecule has 1 aliphatic heterocycles. The van der Waals surface area contributed by atoms with Gasteiger partial charge in [-0.3, -0.25) is 19.4 Å². The quantitative estimate of drug-likeness (QED) is 0.108. The summed E-state index contributed by atoms with van der Waals surface area (Å²) in [5, 5.41) is 15.8. The number of hydrogen-bond donors (Lipinski definition) is 1. The zero-order valence-corrected chi connectivity index (χ0v) is 29.7. The van der Waals surface area contributed by atoms with Crippen LogP contribution < -0.4 is 5.32 Å². The summed E-state index contributed by atoms with van der Waals surface area (Å²) in [6, 6.07) is 21.9. The van der Waals surface area contributed by atoms with Crippen molar-refractivity contribution in [1.82, 2.24) is 14.8 Å². The van der Waals surface area contributed by atoms with Gasteiger partial charge in [-0.1, -0.05) is 49.9 Å². The number of ether oxygens (including phenoxy) is 1.